The number of aromatic nitrogens is 6. The summed E-state index contributed by atoms with van der Waals surface area (Å²) in [6.07, 6.45) is 14.2. The summed E-state index contributed by atoms with van der Waals surface area (Å²) in [6, 6.07) is 15.2. The number of unbranched alkanes of at least 4 members (excludes halogenated alkanes) is 1. The zero-order valence-electron chi connectivity index (χ0n) is 32.8. The number of ether oxygens (including phenoxy) is 2. The van der Waals surface area contributed by atoms with Gasteiger partial charge in [0.05, 0.1) is 25.0 Å². The van der Waals surface area contributed by atoms with Gasteiger partial charge in [0, 0.05) is 35.8 Å². The van der Waals surface area contributed by atoms with E-state index in [0.29, 0.717) is 56.6 Å². The maximum absolute atomic E-state index is 14.0. The second-order valence-electron chi connectivity index (χ2n) is 14.7. The summed E-state index contributed by atoms with van der Waals surface area (Å²) >= 11 is 0. The number of nitrogens with one attached hydrogen (secondary N) is 1. The van der Waals surface area contributed by atoms with E-state index in [1.165, 1.54) is 19.3 Å². The standard InChI is InChI=1S/C40H59N11O3.2ClH/c1-29(2)21-24-53-37-19-8-6-16-33(37)34-17-7-9-20-38(34)54-28-32-26-50(48-46-32)25-31(15-10-11-22-41)45-39(52)36(18-12-23-44-40(42)43)51-27-35(47-49-51)30-13-4-3-5-14-30;;/h6-9,16-17,19-20,26-27,29-31,36H,3-5,10-15,18,21-25,28,41H2,1-2H3,(H,45,52)(H4,42,43,44);2*1H/t31-,36-;;/m1../s1. The van der Waals surface area contributed by atoms with Crippen molar-refractivity contribution in [1.29, 1.82) is 0 Å². The van der Waals surface area contributed by atoms with Crippen molar-refractivity contribution in [3.05, 3.63) is 72.3 Å². The number of aliphatic imine (C=N–C) groups is 1. The summed E-state index contributed by atoms with van der Waals surface area (Å²) in [5, 5.41) is 21.1. The minimum absolute atomic E-state index is 0. The predicted molar refractivity (Wildman–Crippen MR) is 225 cm³/mol. The molecule has 2 atom stereocenters. The van der Waals surface area contributed by atoms with Crippen molar-refractivity contribution >= 4 is 36.7 Å². The number of amides is 1. The molecular formula is C40H61Cl2N11O3. The molecule has 2 heterocycles. The normalized spacial score (nSPS) is 13.9. The van der Waals surface area contributed by atoms with Crippen LogP contribution in [0.25, 0.3) is 11.1 Å². The van der Waals surface area contributed by atoms with Crippen molar-refractivity contribution in [3.8, 4) is 22.6 Å². The first-order chi connectivity index (χ1) is 26.3. The van der Waals surface area contributed by atoms with Crippen molar-refractivity contribution in [3.63, 3.8) is 0 Å². The van der Waals surface area contributed by atoms with Crippen LogP contribution in [0.3, 0.4) is 0 Å². The number of hydrogen-bond donors (Lipinski definition) is 4. The van der Waals surface area contributed by atoms with Gasteiger partial charge in [-0.3, -0.25) is 14.5 Å². The quantitative estimate of drug-likeness (QED) is 0.0394. The number of hydrogen-bond acceptors (Lipinski definition) is 9. The molecule has 0 spiro atoms. The van der Waals surface area contributed by atoms with Crippen molar-refractivity contribution < 1.29 is 14.3 Å². The van der Waals surface area contributed by atoms with Gasteiger partial charge in [-0.1, -0.05) is 86.4 Å². The van der Waals surface area contributed by atoms with Crippen LogP contribution in [0.15, 0.2) is 65.9 Å². The fraction of sp³-hybridized carbons (Fsp3) is 0.550. The second-order valence-corrected chi connectivity index (χ2v) is 14.7. The lowest BCUT2D eigenvalue weighted by Gasteiger charge is -2.23. The molecule has 1 aliphatic rings. The molecule has 4 aromatic rings. The summed E-state index contributed by atoms with van der Waals surface area (Å²) in [5.74, 6) is 2.39. The third-order valence-electron chi connectivity index (χ3n) is 9.84. The molecule has 1 saturated carbocycles. The van der Waals surface area contributed by atoms with Crippen molar-refractivity contribution in [2.75, 3.05) is 19.7 Å². The number of carbonyl (C=O) groups excluding carboxylic acids is 1. The van der Waals surface area contributed by atoms with E-state index in [1.807, 2.05) is 54.9 Å². The zero-order chi connectivity index (χ0) is 38.1. The molecule has 2 aromatic carbocycles. The first kappa shape index (κ1) is 46.0. The van der Waals surface area contributed by atoms with Crippen LogP contribution < -0.4 is 32.0 Å². The van der Waals surface area contributed by atoms with E-state index in [4.69, 9.17) is 26.7 Å². The Morgan fingerprint density at radius 2 is 1.57 bits per heavy atom. The molecule has 0 aliphatic heterocycles. The Balaban J connectivity index is 0.00000420. The summed E-state index contributed by atoms with van der Waals surface area (Å²) < 4.78 is 16.0. The monoisotopic (exact) mass is 813 g/mol. The fourth-order valence-electron chi connectivity index (χ4n) is 6.85. The first-order valence-electron chi connectivity index (χ1n) is 19.6. The lowest BCUT2D eigenvalue weighted by Crippen LogP contribution is -2.42. The molecule has 2 aromatic heterocycles. The van der Waals surface area contributed by atoms with E-state index < -0.39 is 6.04 Å². The molecule has 0 saturated heterocycles. The van der Waals surface area contributed by atoms with Gasteiger partial charge in [-0.15, -0.1) is 35.0 Å². The van der Waals surface area contributed by atoms with E-state index >= 15 is 0 Å². The third kappa shape index (κ3) is 14.3. The van der Waals surface area contributed by atoms with Crippen LogP contribution in [0.5, 0.6) is 11.5 Å². The van der Waals surface area contributed by atoms with Crippen LogP contribution in [0.4, 0.5) is 0 Å². The lowest BCUT2D eigenvalue weighted by molar-refractivity contribution is -0.125. The highest BCUT2D eigenvalue weighted by molar-refractivity contribution is 5.85. The molecule has 16 heteroatoms. The van der Waals surface area contributed by atoms with Gasteiger partial charge in [0.2, 0.25) is 5.91 Å². The SMILES string of the molecule is CC(C)CCOc1ccccc1-c1ccccc1OCc1cn(C[C@@H](CCCCN)NC(=O)[C@@H](CCCN=C(N)N)n2cc(C3CCCCC3)nn2)nn1.Cl.Cl. The van der Waals surface area contributed by atoms with Crippen molar-refractivity contribution in [2.45, 2.75) is 116 Å². The van der Waals surface area contributed by atoms with Gasteiger partial charge in [0.1, 0.15) is 29.8 Å². The molecule has 0 bridgehead atoms. The van der Waals surface area contributed by atoms with Crippen LogP contribution in [-0.2, 0) is 17.9 Å². The summed E-state index contributed by atoms with van der Waals surface area (Å²) in [7, 11) is 0. The summed E-state index contributed by atoms with van der Waals surface area (Å²) in [4.78, 5) is 18.2. The van der Waals surface area contributed by atoms with Crippen molar-refractivity contribution in [2.24, 2.45) is 28.1 Å². The Morgan fingerprint density at radius 3 is 2.25 bits per heavy atom. The number of rotatable bonds is 22. The van der Waals surface area contributed by atoms with Gasteiger partial charge in [-0.05, 0) is 69.5 Å². The number of halogens is 2. The number of benzene rings is 2. The van der Waals surface area contributed by atoms with Crippen LogP contribution in [-0.4, -0.2) is 67.6 Å². The molecule has 14 nitrogen and oxygen atoms in total. The highest BCUT2D eigenvalue weighted by atomic mass is 35.5. The van der Waals surface area contributed by atoms with E-state index in [9.17, 15) is 4.79 Å². The average molecular weight is 815 g/mol. The average Bonchev–Trinajstić information content (AvgIpc) is 3.85. The molecule has 7 N–H and O–H groups in total. The van der Waals surface area contributed by atoms with Crippen LogP contribution >= 0.6 is 24.8 Å². The number of para-hydroxylation sites is 2. The van der Waals surface area contributed by atoms with Gasteiger partial charge in [-0.2, -0.15) is 0 Å². The molecule has 1 aliphatic carbocycles. The topological polar surface area (TPSA) is 199 Å². The molecular weight excluding hydrogens is 753 g/mol. The Labute approximate surface area is 343 Å². The molecule has 1 amide bonds. The van der Waals surface area contributed by atoms with Crippen LogP contribution in [0, 0.1) is 5.92 Å². The Kier molecular flexibility index (Phi) is 19.9. The van der Waals surface area contributed by atoms with Gasteiger partial charge < -0.3 is 32.0 Å². The van der Waals surface area contributed by atoms with Gasteiger partial charge in [0.15, 0.2) is 5.96 Å². The maximum atomic E-state index is 14.0. The van der Waals surface area contributed by atoms with E-state index in [0.717, 1.165) is 66.8 Å². The number of carbonyl (C=O) groups is 1. The number of guanidine groups is 1. The largest absolute Gasteiger partial charge is 0.493 e. The first-order valence-corrected chi connectivity index (χ1v) is 19.6. The van der Waals surface area contributed by atoms with E-state index in [-0.39, 0.29) is 49.3 Å². The van der Waals surface area contributed by atoms with Gasteiger partial charge in [0.25, 0.3) is 0 Å². The van der Waals surface area contributed by atoms with Gasteiger partial charge in [-0.25, -0.2) is 4.68 Å². The fourth-order valence-corrected chi connectivity index (χ4v) is 6.85. The van der Waals surface area contributed by atoms with E-state index in [1.54, 1.807) is 9.36 Å². The van der Waals surface area contributed by atoms with Crippen LogP contribution in [0.2, 0.25) is 0 Å². The number of nitrogens with two attached hydrogens (primary N) is 3. The molecule has 1 fully saturated rings. The number of nitrogens with zero attached hydrogens (tertiary/aromatic N) is 7. The van der Waals surface area contributed by atoms with Gasteiger partial charge >= 0.3 is 0 Å². The molecule has 5 rings (SSSR count). The second kappa shape index (κ2) is 24.3. The van der Waals surface area contributed by atoms with Crippen molar-refractivity contribution in [1.82, 2.24) is 35.3 Å². The lowest BCUT2D eigenvalue weighted by atomic mass is 9.87. The summed E-state index contributed by atoms with van der Waals surface area (Å²) in [6.45, 7) is 6.69. The Morgan fingerprint density at radius 1 is 0.875 bits per heavy atom. The Bertz CT molecular complexity index is 1760. The molecule has 308 valence electrons. The predicted octanol–water partition coefficient (Wildman–Crippen LogP) is 6.34. The minimum atomic E-state index is -0.563. The molecule has 56 heavy (non-hydrogen) atoms. The maximum Gasteiger partial charge on any atom is 0.245 e. The molecule has 0 unspecified atom stereocenters. The minimum Gasteiger partial charge on any atom is -0.493 e. The van der Waals surface area contributed by atoms with E-state index in [2.05, 4.69) is 50.8 Å². The highest BCUT2D eigenvalue weighted by Gasteiger charge is 2.27. The zero-order valence-corrected chi connectivity index (χ0v) is 34.4. The molecule has 0 radical (unpaired) electrons. The highest BCUT2D eigenvalue weighted by Crippen LogP contribution is 2.37. The smallest absolute Gasteiger partial charge is 0.245 e. The Hall–Kier alpha value is -4.40. The van der Waals surface area contributed by atoms with Crippen LogP contribution in [0.1, 0.15) is 108 Å². The third-order valence-corrected chi connectivity index (χ3v) is 9.84. The summed E-state index contributed by atoms with van der Waals surface area (Å²) in [5.41, 5.74) is 20.5.